The van der Waals surface area contributed by atoms with E-state index in [1.54, 1.807) is 0 Å². The van der Waals surface area contributed by atoms with E-state index in [4.69, 9.17) is 4.74 Å². The molecular formula is C20H18BrF2NO. The minimum Gasteiger partial charge on any atom is -0.488 e. The molecule has 0 aliphatic carbocycles. The zero-order valence-electron chi connectivity index (χ0n) is 13.8. The molecule has 0 spiro atoms. The molecule has 0 radical (unpaired) electrons. The SMILES string of the molecule is CC1C=C(OCc2ccc(F)cc2F)C(Br)=CN1Cc1ccccc1. The summed E-state index contributed by atoms with van der Waals surface area (Å²) in [7, 11) is 0. The van der Waals surface area contributed by atoms with Crippen LogP contribution < -0.4 is 0 Å². The van der Waals surface area contributed by atoms with Gasteiger partial charge in [-0.05, 0) is 46.6 Å². The third-order valence-corrected chi connectivity index (χ3v) is 4.63. The van der Waals surface area contributed by atoms with Gasteiger partial charge in [-0.2, -0.15) is 0 Å². The second kappa shape index (κ2) is 7.83. The number of allylic oxidation sites excluding steroid dienone is 1. The molecule has 2 aromatic carbocycles. The first-order chi connectivity index (χ1) is 12.0. The van der Waals surface area contributed by atoms with Gasteiger partial charge in [0.05, 0.1) is 4.48 Å². The van der Waals surface area contributed by atoms with Crippen molar-refractivity contribution in [2.75, 3.05) is 0 Å². The average molecular weight is 406 g/mol. The molecule has 2 nitrogen and oxygen atoms in total. The smallest absolute Gasteiger partial charge is 0.133 e. The number of benzene rings is 2. The van der Waals surface area contributed by atoms with E-state index in [2.05, 4.69) is 39.9 Å². The third kappa shape index (κ3) is 4.48. The van der Waals surface area contributed by atoms with Crippen LogP contribution in [0.15, 0.2) is 71.0 Å². The maximum Gasteiger partial charge on any atom is 0.133 e. The number of nitrogens with zero attached hydrogens (tertiary/aromatic N) is 1. The van der Waals surface area contributed by atoms with Gasteiger partial charge in [0, 0.05) is 30.4 Å². The molecule has 0 fully saturated rings. The molecule has 0 N–H and O–H groups in total. The van der Waals surface area contributed by atoms with E-state index in [0.717, 1.165) is 17.1 Å². The third-order valence-electron chi connectivity index (χ3n) is 4.04. The highest BCUT2D eigenvalue weighted by molar-refractivity contribution is 9.11. The van der Waals surface area contributed by atoms with E-state index < -0.39 is 11.6 Å². The van der Waals surface area contributed by atoms with Gasteiger partial charge in [-0.3, -0.25) is 0 Å². The van der Waals surface area contributed by atoms with E-state index >= 15 is 0 Å². The maximum absolute atomic E-state index is 13.7. The normalized spacial score (nSPS) is 17.1. The molecule has 1 atom stereocenters. The number of hydrogen-bond donors (Lipinski definition) is 0. The monoisotopic (exact) mass is 405 g/mol. The molecule has 3 rings (SSSR count). The van der Waals surface area contributed by atoms with Gasteiger partial charge in [0.1, 0.15) is 24.0 Å². The Hall–Kier alpha value is -2.14. The summed E-state index contributed by atoms with van der Waals surface area (Å²) in [4.78, 5) is 2.19. The molecule has 1 unspecified atom stereocenters. The van der Waals surface area contributed by atoms with E-state index in [0.29, 0.717) is 11.3 Å². The van der Waals surface area contributed by atoms with Crippen LogP contribution in [0.2, 0.25) is 0 Å². The Bertz CT molecular complexity index is 805. The van der Waals surface area contributed by atoms with Crippen LogP contribution in [0.1, 0.15) is 18.1 Å². The maximum atomic E-state index is 13.7. The summed E-state index contributed by atoms with van der Waals surface area (Å²) < 4.78 is 33.2. The largest absolute Gasteiger partial charge is 0.488 e. The fourth-order valence-electron chi connectivity index (χ4n) is 2.62. The van der Waals surface area contributed by atoms with Crippen LogP contribution >= 0.6 is 15.9 Å². The van der Waals surface area contributed by atoms with Gasteiger partial charge in [0.2, 0.25) is 0 Å². The number of rotatable bonds is 5. The zero-order valence-corrected chi connectivity index (χ0v) is 15.3. The lowest BCUT2D eigenvalue weighted by atomic mass is 10.1. The summed E-state index contributed by atoms with van der Waals surface area (Å²) in [5.74, 6) is -0.541. The summed E-state index contributed by atoms with van der Waals surface area (Å²) in [5, 5.41) is 0. The Kier molecular flexibility index (Phi) is 5.53. The highest BCUT2D eigenvalue weighted by Gasteiger charge is 2.19. The van der Waals surface area contributed by atoms with Crippen LogP contribution in [0.3, 0.4) is 0 Å². The predicted octanol–water partition coefficient (Wildman–Crippen LogP) is 5.51. The lowest BCUT2D eigenvalue weighted by Gasteiger charge is -2.30. The Balaban J connectivity index is 1.66. The zero-order chi connectivity index (χ0) is 17.8. The van der Waals surface area contributed by atoms with E-state index in [1.807, 2.05) is 30.5 Å². The molecule has 25 heavy (non-hydrogen) atoms. The van der Waals surface area contributed by atoms with Crippen molar-refractivity contribution in [3.63, 3.8) is 0 Å². The van der Waals surface area contributed by atoms with E-state index in [9.17, 15) is 8.78 Å². The predicted molar refractivity (Wildman–Crippen MR) is 97.7 cm³/mol. The van der Waals surface area contributed by atoms with E-state index in [-0.39, 0.29) is 12.6 Å². The fraction of sp³-hybridized carbons (Fsp3) is 0.200. The number of halogens is 3. The lowest BCUT2D eigenvalue weighted by molar-refractivity contribution is 0.193. The van der Waals surface area contributed by atoms with Gasteiger partial charge < -0.3 is 9.64 Å². The lowest BCUT2D eigenvalue weighted by Crippen LogP contribution is -2.29. The molecule has 5 heteroatoms. The Morgan fingerprint density at radius 2 is 1.88 bits per heavy atom. The Morgan fingerprint density at radius 3 is 2.60 bits per heavy atom. The van der Waals surface area contributed by atoms with Crippen molar-refractivity contribution in [3.05, 3.63) is 93.8 Å². The first kappa shape index (κ1) is 17.7. The highest BCUT2D eigenvalue weighted by atomic mass is 79.9. The van der Waals surface area contributed by atoms with Crippen LogP contribution in [-0.4, -0.2) is 10.9 Å². The Morgan fingerprint density at radius 1 is 1.12 bits per heavy atom. The molecule has 0 bridgehead atoms. The average Bonchev–Trinajstić information content (AvgIpc) is 2.59. The van der Waals surface area contributed by atoms with Gasteiger partial charge in [-0.15, -0.1) is 0 Å². The van der Waals surface area contributed by atoms with Gasteiger partial charge in [0.25, 0.3) is 0 Å². The molecule has 130 valence electrons. The van der Waals surface area contributed by atoms with Crippen molar-refractivity contribution in [3.8, 4) is 0 Å². The first-order valence-electron chi connectivity index (χ1n) is 7.99. The van der Waals surface area contributed by atoms with Crippen molar-refractivity contribution in [2.24, 2.45) is 0 Å². The summed E-state index contributed by atoms with van der Waals surface area (Å²) in [5.41, 5.74) is 1.54. The second-order valence-corrected chi connectivity index (χ2v) is 6.79. The van der Waals surface area contributed by atoms with Crippen molar-refractivity contribution >= 4 is 15.9 Å². The minimum atomic E-state index is -0.602. The van der Waals surface area contributed by atoms with Crippen LogP contribution in [0.4, 0.5) is 8.78 Å². The molecule has 0 saturated heterocycles. The van der Waals surface area contributed by atoms with Crippen molar-refractivity contribution in [1.82, 2.24) is 4.90 Å². The molecule has 0 saturated carbocycles. The van der Waals surface area contributed by atoms with E-state index in [1.165, 1.54) is 17.7 Å². The molecule has 1 aliphatic heterocycles. The summed E-state index contributed by atoms with van der Waals surface area (Å²) in [6.45, 7) is 2.90. The number of ether oxygens (including phenoxy) is 1. The van der Waals surface area contributed by atoms with Crippen LogP contribution in [0, 0.1) is 11.6 Å². The van der Waals surface area contributed by atoms with Crippen molar-refractivity contribution in [1.29, 1.82) is 0 Å². The molecule has 1 heterocycles. The minimum absolute atomic E-state index is 0.0479. The topological polar surface area (TPSA) is 12.5 Å². The summed E-state index contributed by atoms with van der Waals surface area (Å²) >= 11 is 3.51. The molecule has 0 amide bonds. The molecular weight excluding hydrogens is 388 g/mol. The van der Waals surface area contributed by atoms with Crippen LogP contribution in [0.25, 0.3) is 0 Å². The van der Waals surface area contributed by atoms with Gasteiger partial charge in [0.15, 0.2) is 0 Å². The van der Waals surface area contributed by atoms with Crippen LogP contribution in [0.5, 0.6) is 0 Å². The molecule has 1 aliphatic rings. The van der Waals surface area contributed by atoms with Crippen molar-refractivity contribution in [2.45, 2.75) is 26.1 Å². The Labute approximate surface area is 154 Å². The fourth-order valence-corrected chi connectivity index (χ4v) is 3.13. The quantitative estimate of drug-likeness (QED) is 0.650. The van der Waals surface area contributed by atoms with Crippen molar-refractivity contribution < 1.29 is 13.5 Å². The van der Waals surface area contributed by atoms with Gasteiger partial charge in [-0.25, -0.2) is 8.78 Å². The van der Waals surface area contributed by atoms with Gasteiger partial charge in [-0.1, -0.05) is 30.3 Å². The highest BCUT2D eigenvalue weighted by Crippen LogP contribution is 2.28. The van der Waals surface area contributed by atoms with Gasteiger partial charge >= 0.3 is 0 Å². The first-order valence-corrected chi connectivity index (χ1v) is 8.78. The summed E-state index contributed by atoms with van der Waals surface area (Å²) in [6, 6.07) is 13.8. The molecule has 2 aromatic rings. The molecule has 0 aromatic heterocycles. The summed E-state index contributed by atoms with van der Waals surface area (Å²) in [6.07, 6.45) is 3.96. The number of hydrogen-bond acceptors (Lipinski definition) is 2. The second-order valence-electron chi connectivity index (χ2n) is 5.93. The van der Waals surface area contributed by atoms with Crippen LogP contribution in [-0.2, 0) is 17.9 Å². The standard InChI is InChI=1S/C20H18BrF2NO/c1-14-9-20(25-13-16-7-8-17(22)10-19(16)23)18(21)12-24(14)11-15-5-3-2-4-6-15/h2-10,12,14H,11,13H2,1H3.